The van der Waals surface area contributed by atoms with Crippen molar-refractivity contribution in [3.63, 3.8) is 0 Å². The van der Waals surface area contributed by atoms with Gasteiger partial charge in [0.2, 0.25) is 0 Å². The van der Waals surface area contributed by atoms with Crippen molar-refractivity contribution in [1.82, 2.24) is 0 Å². The number of ether oxygens (including phenoxy) is 3. The summed E-state index contributed by atoms with van der Waals surface area (Å²) >= 11 is 0. The summed E-state index contributed by atoms with van der Waals surface area (Å²) in [5, 5.41) is 0. The van der Waals surface area contributed by atoms with Crippen molar-refractivity contribution in [2.75, 3.05) is 13.2 Å². The van der Waals surface area contributed by atoms with Crippen molar-refractivity contribution in [3.8, 4) is 0 Å². The lowest BCUT2D eigenvalue weighted by Crippen LogP contribution is -2.30. The van der Waals surface area contributed by atoms with Gasteiger partial charge in [-0.15, -0.1) is 0 Å². The number of carbonyl (C=O) groups is 3. The number of esters is 3. The standard InChI is InChI=1S/C73H142O6/c1-4-7-10-13-16-19-21-23-25-27-29-30-31-32-33-34-35-36-37-38-39-40-41-42-44-45-47-49-51-54-57-60-63-66-72(75)78-69-70(68-77-71(74)65-62-59-56-53-18-15-12-9-6-3)79-73(76)67-64-61-58-55-52-50-48-46-43-28-26-24-22-20-17-14-11-8-5-2/h70H,4-69H2,1-3H3. The second kappa shape index (κ2) is 68.9. The maximum atomic E-state index is 12.9. The SMILES string of the molecule is CCCCCCCCCCCCCCCCCCCCCCCCCCCCCCCCCCCC(=O)OCC(COC(=O)CCCCCCCCCCC)OC(=O)CCCCCCCCCCCCCCCCCCCCC. The van der Waals surface area contributed by atoms with Crippen LogP contribution in [0.4, 0.5) is 0 Å². The summed E-state index contributed by atoms with van der Waals surface area (Å²) in [6.07, 6.45) is 81.7. The van der Waals surface area contributed by atoms with E-state index >= 15 is 0 Å². The van der Waals surface area contributed by atoms with Crippen LogP contribution in [0, 0.1) is 0 Å². The molecule has 1 unspecified atom stereocenters. The Morgan fingerprint density at radius 1 is 0.203 bits per heavy atom. The van der Waals surface area contributed by atoms with Crippen LogP contribution in [0.2, 0.25) is 0 Å². The highest BCUT2D eigenvalue weighted by Gasteiger charge is 2.20. The summed E-state index contributed by atoms with van der Waals surface area (Å²) in [6, 6.07) is 0. The molecule has 0 saturated heterocycles. The zero-order valence-corrected chi connectivity index (χ0v) is 54.2. The van der Waals surface area contributed by atoms with Crippen molar-refractivity contribution in [3.05, 3.63) is 0 Å². The summed E-state index contributed by atoms with van der Waals surface area (Å²) in [4.78, 5) is 38.3. The van der Waals surface area contributed by atoms with E-state index in [1.807, 2.05) is 0 Å². The molecule has 6 heteroatoms. The van der Waals surface area contributed by atoms with Crippen LogP contribution in [0.5, 0.6) is 0 Å². The molecular formula is C73H142O6. The molecule has 0 aliphatic heterocycles. The Bertz CT molecular complexity index is 1190. The molecule has 0 saturated carbocycles. The first-order valence-electron chi connectivity index (χ1n) is 36.5. The van der Waals surface area contributed by atoms with Crippen LogP contribution >= 0.6 is 0 Å². The second-order valence-electron chi connectivity index (χ2n) is 25.2. The Morgan fingerprint density at radius 2 is 0.342 bits per heavy atom. The third-order valence-corrected chi connectivity index (χ3v) is 17.1. The topological polar surface area (TPSA) is 78.9 Å². The number of hydrogen-bond acceptors (Lipinski definition) is 6. The lowest BCUT2D eigenvalue weighted by atomic mass is 10.0. The Balaban J connectivity index is 3.98. The monoisotopic (exact) mass is 1120 g/mol. The first-order valence-corrected chi connectivity index (χ1v) is 36.5. The van der Waals surface area contributed by atoms with E-state index in [1.165, 1.54) is 334 Å². The van der Waals surface area contributed by atoms with Gasteiger partial charge in [-0.3, -0.25) is 14.4 Å². The van der Waals surface area contributed by atoms with E-state index in [9.17, 15) is 14.4 Å². The minimum Gasteiger partial charge on any atom is -0.462 e. The van der Waals surface area contributed by atoms with Crippen LogP contribution in [0.3, 0.4) is 0 Å². The quantitative estimate of drug-likeness (QED) is 0.0343. The normalized spacial score (nSPS) is 11.9. The molecule has 0 bridgehead atoms. The largest absolute Gasteiger partial charge is 0.462 e. The number of carbonyl (C=O) groups excluding carboxylic acids is 3. The Labute approximate surface area is 495 Å². The summed E-state index contributed by atoms with van der Waals surface area (Å²) in [7, 11) is 0. The molecule has 79 heavy (non-hydrogen) atoms. The minimum atomic E-state index is -0.762. The highest BCUT2D eigenvalue weighted by molar-refractivity contribution is 5.71. The van der Waals surface area contributed by atoms with Crippen LogP contribution in [-0.2, 0) is 28.6 Å². The molecule has 0 aliphatic rings. The second-order valence-corrected chi connectivity index (χ2v) is 25.2. The van der Waals surface area contributed by atoms with E-state index in [-0.39, 0.29) is 31.1 Å². The smallest absolute Gasteiger partial charge is 0.306 e. The van der Waals surface area contributed by atoms with Gasteiger partial charge in [0, 0.05) is 19.3 Å². The van der Waals surface area contributed by atoms with Crippen molar-refractivity contribution >= 4 is 17.9 Å². The lowest BCUT2D eigenvalue weighted by Gasteiger charge is -2.18. The minimum absolute atomic E-state index is 0.0608. The molecule has 0 rings (SSSR count). The maximum absolute atomic E-state index is 12.9. The maximum Gasteiger partial charge on any atom is 0.306 e. The average molecular weight is 1120 g/mol. The highest BCUT2D eigenvalue weighted by Crippen LogP contribution is 2.20. The first kappa shape index (κ1) is 77.4. The van der Waals surface area contributed by atoms with Crippen LogP contribution in [-0.4, -0.2) is 37.2 Å². The van der Waals surface area contributed by atoms with Crippen LogP contribution in [0.25, 0.3) is 0 Å². The molecule has 0 aromatic heterocycles. The van der Waals surface area contributed by atoms with Gasteiger partial charge in [-0.25, -0.2) is 0 Å². The molecule has 470 valence electrons. The average Bonchev–Trinajstić information content (AvgIpc) is 3.45. The predicted molar refractivity (Wildman–Crippen MR) is 344 cm³/mol. The van der Waals surface area contributed by atoms with Gasteiger partial charge in [0.25, 0.3) is 0 Å². The van der Waals surface area contributed by atoms with Gasteiger partial charge in [0.05, 0.1) is 0 Å². The van der Waals surface area contributed by atoms with Crippen molar-refractivity contribution < 1.29 is 28.6 Å². The Kier molecular flexibility index (Phi) is 67.5. The third-order valence-electron chi connectivity index (χ3n) is 17.1. The van der Waals surface area contributed by atoms with Crippen LogP contribution in [0.1, 0.15) is 432 Å². The predicted octanol–water partition coefficient (Wildman–Crippen LogP) is 25.0. The fourth-order valence-corrected chi connectivity index (χ4v) is 11.6. The summed E-state index contributed by atoms with van der Waals surface area (Å²) in [5.74, 6) is -0.827. The van der Waals surface area contributed by atoms with E-state index in [0.717, 1.165) is 57.8 Å². The highest BCUT2D eigenvalue weighted by atomic mass is 16.6. The Hall–Kier alpha value is -1.59. The van der Waals surface area contributed by atoms with E-state index < -0.39 is 6.10 Å². The van der Waals surface area contributed by atoms with E-state index in [0.29, 0.717) is 19.3 Å². The first-order chi connectivity index (χ1) is 39.0. The third kappa shape index (κ3) is 67.1. The molecule has 0 spiro atoms. The molecule has 0 radical (unpaired) electrons. The molecule has 0 amide bonds. The van der Waals surface area contributed by atoms with Crippen molar-refractivity contribution in [2.24, 2.45) is 0 Å². The van der Waals surface area contributed by atoms with Crippen molar-refractivity contribution in [2.45, 2.75) is 438 Å². The molecule has 6 nitrogen and oxygen atoms in total. The van der Waals surface area contributed by atoms with Crippen LogP contribution in [0.15, 0.2) is 0 Å². The molecule has 0 N–H and O–H groups in total. The molecule has 0 aromatic carbocycles. The zero-order valence-electron chi connectivity index (χ0n) is 54.2. The van der Waals surface area contributed by atoms with Gasteiger partial charge < -0.3 is 14.2 Å². The summed E-state index contributed by atoms with van der Waals surface area (Å²) in [5.41, 5.74) is 0. The molecule has 1 atom stereocenters. The fourth-order valence-electron chi connectivity index (χ4n) is 11.6. The summed E-state index contributed by atoms with van der Waals surface area (Å²) < 4.78 is 16.9. The zero-order chi connectivity index (χ0) is 57.1. The number of hydrogen-bond donors (Lipinski definition) is 0. The summed E-state index contributed by atoms with van der Waals surface area (Å²) in [6.45, 7) is 6.72. The van der Waals surface area contributed by atoms with Gasteiger partial charge in [-0.1, -0.05) is 393 Å². The number of unbranched alkanes of at least 4 members (excludes halogenated alkanes) is 58. The molecule has 0 heterocycles. The van der Waals surface area contributed by atoms with E-state index in [1.54, 1.807) is 0 Å². The molecule has 0 fully saturated rings. The van der Waals surface area contributed by atoms with Crippen LogP contribution < -0.4 is 0 Å². The molecule has 0 aliphatic carbocycles. The fraction of sp³-hybridized carbons (Fsp3) is 0.959. The van der Waals surface area contributed by atoms with E-state index in [2.05, 4.69) is 20.8 Å². The van der Waals surface area contributed by atoms with Gasteiger partial charge in [-0.2, -0.15) is 0 Å². The van der Waals surface area contributed by atoms with Gasteiger partial charge in [0.15, 0.2) is 6.10 Å². The molecular weight excluding hydrogens is 973 g/mol. The van der Waals surface area contributed by atoms with Gasteiger partial charge in [-0.05, 0) is 19.3 Å². The lowest BCUT2D eigenvalue weighted by molar-refractivity contribution is -0.167. The Morgan fingerprint density at radius 3 is 0.506 bits per heavy atom. The van der Waals surface area contributed by atoms with Crippen molar-refractivity contribution in [1.29, 1.82) is 0 Å². The van der Waals surface area contributed by atoms with Gasteiger partial charge >= 0.3 is 17.9 Å². The van der Waals surface area contributed by atoms with Gasteiger partial charge in [0.1, 0.15) is 13.2 Å². The number of rotatable bonds is 69. The van der Waals surface area contributed by atoms with E-state index in [4.69, 9.17) is 14.2 Å². The molecule has 0 aromatic rings.